The summed E-state index contributed by atoms with van der Waals surface area (Å²) in [6.45, 7) is 4.47. The lowest BCUT2D eigenvalue weighted by Gasteiger charge is -2.37. The van der Waals surface area contributed by atoms with Crippen LogP contribution in [0.15, 0.2) is 64.0 Å². The summed E-state index contributed by atoms with van der Waals surface area (Å²) in [6.07, 6.45) is 3.47. The Morgan fingerprint density at radius 2 is 1.62 bits per heavy atom. The first-order valence-electron chi connectivity index (χ1n) is 15.4. The van der Waals surface area contributed by atoms with Gasteiger partial charge < -0.3 is 20.0 Å². The summed E-state index contributed by atoms with van der Waals surface area (Å²) in [5, 5.41) is 10.1. The number of aryl methyl sites for hydroxylation is 1. The zero-order valence-corrected chi connectivity index (χ0v) is 27.1. The van der Waals surface area contributed by atoms with E-state index in [1.54, 1.807) is 13.2 Å². The van der Waals surface area contributed by atoms with E-state index < -0.39 is 0 Å². The lowest BCUT2D eigenvalue weighted by Crippen LogP contribution is -2.48. The number of amides is 3. The Kier molecular flexibility index (Phi) is 9.04. The summed E-state index contributed by atoms with van der Waals surface area (Å²) >= 11 is 3.41. The van der Waals surface area contributed by atoms with Gasteiger partial charge in [-0.3, -0.25) is 24.5 Å². The first-order chi connectivity index (χ1) is 21.7. The highest BCUT2D eigenvalue weighted by atomic mass is 79.9. The van der Waals surface area contributed by atoms with Crippen molar-refractivity contribution in [2.75, 3.05) is 56.5 Å². The van der Waals surface area contributed by atoms with Crippen LogP contribution in [0.4, 0.5) is 11.4 Å². The van der Waals surface area contributed by atoms with Gasteiger partial charge in [0.2, 0.25) is 11.8 Å². The topological polar surface area (TPSA) is 120 Å². The Morgan fingerprint density at radius 3 is 2.31 bits per heavy atom. The van der Waals surface area contributed by atoms with Gasteiger partial charge in [-0.05, 0) is 77.1 Å². The summed E-state index contributed by atoms with van der Waals surface area (Å²) in [4.78, 5) is 55.8. The number of anilines is 2. The molecule has 2 aromatic carbocycles. The molecule has 236 valence electrons. The lowest BCUT2D eigenvalue weighted by atomic mass is 9.87. The Balaban J connectivity index is 1.03. The molecule has 0 aliphatic carbocycles. The molecule has 3 atom stereocenters. The zero-order chi connectivity index (χ0) is 31.7. The Labute approximate surface area is 270 Å². The number of hydrogen-bond donors (Lipinski definition) is 2. The summed E-state index contributed by atoms with van der Waals surface area (Å²) < 4.78 is 1.79. The second-order valence-corrected chi connectivity index (χ2v) is 13.1. The van der Waals surface area contributed by atoms with Crippen LogP contribution < -0.4 is 21.1 Å². The quantitative estimate of drug-likeness (QED) is 0.383. The molecule has 3 saturated heterocycles. The molecule has 1 aromatic heterocycles. The average Bonchev–Trinajstić information content (AvgIpc) is 3.05. The van der Waals surface area contributed by atoms with Crippen molar-refractivity contribution in [1.29, 1.82) is 0 Å². The van der Waals surface area contributed by atoms with Crippen molar-refractivity contribution >= 4 is 45.0 Å². The van der Waals surface area contributed by atoms with E-state index in [1.165, 1.54) is 10.2 Å². The van der Waals surface area contributed by atoms with Gasteiger partial charge >= 0.3 is 0 Å². The Bertz CT molecular complexity index is 1630. The van der Waals surface area contributed by atoms with Crippen LogP contribution >= 0.6 is 15.9 Å². The van der Waals surface area contributed by atoms with Gasteiger partial charge in [0.1, 0.15) is 4.47 Å². The molecular weight excluding hydrogens is 638 g/mol. The molecule has 3 aromatic rings. The third-order valence-electron chi connectivity index (χ3n) is 9.17. The molecule has 3 amide bonds. The number of hydrogen-bond acceptors (Lipinski definition) is 8. The van der Waals surface area contributed by atoms with E-state index in [-0.39, 0.29) is 41.2 Å². The number of likely N-dealkylation sites (N-methyl/N-ethyl adjacent to an activating group) is 1. The van der Waals surface area contributed by atoms with Crippen LogP contribution in [0.2, 0.25) is 0 Å². The van der Waals surface area contributed by atoms with Gasteiger partial charge in [-0.1, -0.05) is 24.3 Å². The van der Waals surface area contributed by atoms with Crippen LogP contribution in [0.1, 0.15) is 52.6 Å². The number of carbonyl (C=O) groups excluding carboxylic acids is 3. The molecule has 2 N–H and O–H groups in total. The van der Waals surface area contributed by atoms with Crippen LogP contribution in [0.25, 0.3) is 0 Å². The van der Waals surface area contributed by atoms with E-state index in [9.17, 15) is 19.2 Å². The predicted octanol–water partition coefficient (Wildman–Crippen LogP) is 2.93. The highest BCUT2D eigenvalue weighted by Gasteiger charge is 2.30. The molecular formula is C33H38BrN7O4. The number of carbonyl (C=O) groups is 3. The SMILES string of the molecule is CN1C[C@@H](Nc2cnn(C)c(=O)c2Br)C[C@@H](c2ccc(C(=O)N3CCN(c4ccc(C5CCC(=O)NC5=O)cc4)CC3)cc2)C1. The van der Waals surface area contributed by atoms with E-state index >= 15 is 0 Å². The Hall–Kier alpha value is -4.03. The highest BCUT2D eigenvalue weighted by molar-refractivity contribution is 9.10. The highest BCUT2D eigenvalue weighted by Crippen LogP contribution is 2.30. The number of aromatic nitrogens is 2. The minimum atomic E-state index is -0.291. The van der Waals surface area contributed by atoms with Crippen molar-refractivity contribution in [3.8, 4) is 0 Å². The fraction of sp³-hybridized carbons (Fsp3) is 0.424. The standard InChI is InChI=1S/C33H38BrN7O4/c1-38-19-24(17-25(20-38)36-28-18-35-39(2)33(45)30(28)34)21-3-5-23(6-4-21)32(44)41-15-13-40(14-16-41)26-9-7-22(8-10-26)27-11-12-29(42)37-31(27)43/h3-10,18,24-25,27,36H,11-17,19-20H2,1-2H3,(H,37,42,43)/t24-,25+,27?/m1/s1. The van der Waals surface area contributed by atoms with E-state index in [0.717, 1.165) is 43.9 Å². The molecule has 0 saturated carbocycles. The monoisotopic (exact) mass is 675 g/mol. The van der Waals surface area contributed by atoms with Crippen molar-refractivity contribution < 1.29 is 14.4 Å². The molecule has 3 aliphatic heterocycles. The van der Waals surface area contributed by atoms with Gasteiger partial charge in [0.05, 0.1) is 17.8 Å². The van der Waals surface area contributed by atoms with Crippen molar-refractivity contribution in [3.05, 3.63) is 86.2 Å². The second-order valence-electron chi connectivity index (χ2n) is 12.3. The maximum Gasteiger partial charge on any atom is 0.282 e. The number of nitrogens with zero attached hydrogens (tertiary/aromatic N) is 5. The predicted molar refractivity (Wildman–Crippen MR) is 176 cm³/mol. The first-order valence-corrected chi connectivity index (χ1v) is 16.2. The lowest BCUT2D eigenvalue weighted by molar-refractivity contribution is -0.134. The number of rotatable bonds is 6. The van der Waals surface area contributed by atoms with Crippen LogP contribution in [0, 0.1) is 0 Å². The van der Waals surface area contributed by atoms with Gasteiger partial charge in [-0.2, -0.15) is 5.10 Å². The minimum Gasteiger partial charge on any atom is -0.379 e. The molecule has 45 heavy (non-hydrogen) atoms. The van der Waals surface area contributed by atoms with Crippen molar-refractivity contribution in [3.63, 3.8) is 0 Å². The molecule has 3 aliphatic rings. The molecule has 3 fully saturated rings. The third-order valence-corrected chi connectivity index (χ3v) is 9.93. The maximum absolute atomic E-state index is 13.4. The van der Waals surface area contributed by atoms with E-state index in [1.807, 2.05) is 41.3 Å². The number of likely N-dealkylation sites (tertiary alicyclic amines) is 1. The van der Waals surface area contributed by atoms with Crippen molar-refractivity contribution in [1.82, 2.24) is 24.9 Å². The number of piperidine rings is 2. The van der Waals surface area contributed by atoms with Crippen molar-refractivity contribution in [2.45, 2.75) is 37.1 Å². The summed E-state index contributed by atoms with van der Waals surface area (Å²) in [5.74, 6) is -0.400. The van der Waals surface area contributed by atoms with Gasteiger partial charge in [0.15, 0.2) is 0 Å². The fourth-order valence-corrected chi connectivity index (χ4v) is 7.15. The molecule has 1 unspecified atom stereocenters. The van der Waals surface area contributed by atoms with E-state index in [2.05, 4.69) is 60.6 Å². The number of nitrogens with one attached hydrogen (secondary N) is 2. The average molecular weight is 677 g/mol. The molecule has 12 heteroatoms. The van der Waals surface area contributed by atoms with Gasteiger partial charge in [-0.15, -0.1) is 0 Å². The largest absolute Gasteiger partial charge is 0.379 e. The fourth-order valence-electron chi connectivity index (χ4n) is 6.67. The van der Waals surface area contributed by atoms with Gasteiger partial charge in [-0.25, -0.2) is 4.68 Å². The molecule has 4 heterocycles. The zero-order valence-electron chi connectivity index (χ0n) is 25.5. The van der Waals surface area contributed by atoms with E-state index in [4.69, 9.17) is 0 Å². The van der Waals surface area contributed by atoms with E-state index in [0.29, 0.717) is 41.7 Å². The summed E-state index contributed by atoms with van der Waals surface area (Å²) in [5.41, 5.74) is 4.38. The molecule has 0 bridgehead atoms. The minimum absolute atomic E-state index is 0.0396. The maximum atomic E-state index is 13.4. The second kappa shape index (κ2) is 13.1. The van der Waals surface area contributed by atoms with Crippen LogP contribution in [0.3, 0.4) is 0 Å². The number of halogens is 1. The third kappa shape index (κ3) is 6.81. The molecule has 0 radical (unpaired) electrons. The number of benzene rings is 2. The Morgan fingerprint density at radius 1 is 0.933 bits per heavy atom. The van der Waals surface area contributed by atoms with Crippen LogP contribution in [-0.2, 0) is 16.6 Å². The molecule has 11 nitrogen and oxygen atoms in total. The van der Waals surface area contributed by atoms with Crippen LogP contribution in [0.5, 0.6) is 0 Å². The molecule has 0 spiro atoms. The van der Waals surface area contributed by atoms with Crippen LogP contribution in [-0.4, -0.2) is 89.7 Å². The van der Waals surface area contributed by atoms with Gasteiger partial charge in [0, 0.05) is 70.0 Å². The normalized spacial score (nSPS) is 22.7. The van der Waals surface area contributed by atoms with Gasteiger partial charge in [0.25, 0.3) is 11.5 Å². The number of imide groups is 1. The summed E-state index contributed by atoms with van der Waals surface area (Å²) in [6, 6.07) is 16.2. The summed E-state index contributed by atoms with van der Waals surface area (Å²) in [7, 11) is 3.73. The smallest absolute Gasteiger partial charge is 0.282 e. The molecule has 6 rings (SSSR count). The number of piperazine rings is 1. The first kappa shape index (κ1) is 31.0. The van der Waals surface area contributed by atoms with Crippen molar-refractivity contribution in [2.24, 2.45) is 7.05 Å².